The molecule has 8 heavy (non-hydrogen) atoms. The van der Waals surface area contributed by atoms with Gasteiger partial charge in [-0.15, -0.1) is 0 Å². The number of hydrogen-bond acceptors (Lipinski definition) is 2. The van der Waals surface area contributed by atoms with E-state index in [1.54, 1.807) is 13.8 Å². The fourth-order valence-electron chi connectivity index (χ4n) is 0.357. The molecule has 1 aliphatic heterocycles. The van der Waals surface area contributed by atoms with E-state index in [2.05, 4.69) is 16.1 Å². The number of ether oxygens (including phenoxy) is 1. The lowest BCUT2D eigenvalue weighted by atomic mass is 10.1. The Labute approximate surface area is 47.4 Å². The third-order valence-electron chi connectivity index (χ3n) is 0.963. The second-order valence-electron chi connectivity index (χ2n) is 2.12. The smallest absolute Gasteiger partial charge is 0.292 e. The minimum Gasteiger partial charge on any atom is -0.458 e. The summed E-state index contributed by atoms with van der Waals surface area (Å²) in [5.41, 5.74) is -0.764. The SMILES string of the molecule is CC1(C)O[C]=NC1=O. The van der Waals surface area contributed by atoms with E-state index in [0.29, 0.717) is 0 Å². The number of carbonyl (C=O) groups is 1. The van der Waals surface area contributed by atoms with E-state index in [1.807, 2.05) is 0 Å². The molecular weight excluding hydrogens is 106 g/mol. The quantitative estimate of drug-likeness (QED) is 0.450. The third kappa shape index (κ3) is 0.598. The predicted molar refractivity (Wildman–Crippen MR) is 27.6 cm³/mol. The number of carbonyl (C=O) groups excluding carboxylic acids is 1. The van der Waals surface area contributed by atoms with Gasteiger partial charge < -0.3 is 4.74 Å². The molecule has 1 heterocycles. The van der Waals surface area contributed by atoms with Gasteiger partial charge in [-0.25, -0.2) is 0 Å². The fraction of sp³-hybridized carbons (Fsp3) is 0.600. The molecule has 0 N–H and O–H groups in total. The second kappa shape index (κ2) is 1.31. The van der Waals surface area contributed by atoms with Gasteiger partial charge >= 0.3 is 0 Å². The lowest BCUT2D eigenvalue weighted by Crippen LogP contribution is -2.27. The molecule has 0 saturated heterocycles. The van der Waals surface area contributed by atoms with Gasteiger partial charge in [0.05, 0.1) is 0 Å². The Morgan fingerprint density at radius 2 is 2.38 bits per heavy atom. The minimum atomic E-state index is -0.764. The molecule has 0 saturated carbocycles. The summed E-state index contributed by atoms with van der Waals surface area (Å²) in [5.74, 6) is -0.266. The van der Waals surface area contributed by atoms with Crippen molar-refractivity contribution in [1.29, 1.82) is 0 Å². The van der Waals surface area contributed by atoms with Crippen LogP contribution >= 0.6 is 0 Å². The van der Waals surface area contributed by atoms with Crippen LogP contribution in [0, 0.1) is 0 Å². The van der Waals surface area contributed by atoms with Crippen LogP contribution in [-0.4, -0.2) is 17.9 Å². The van der Waals surface area contributed by atoms with Gasteiger partial charge in [0.2, 0.25) is 0 Å². The first kappa shape index (κ1) is 5.28. The van der Waals surface area contributed by atoms with Gasteiger partial charge in [0.1, 0.15) is 0 Å². The summed E-state index contributed by atoms with van der Waals surface area (Å²) in [6.45, 7) is 3.30. The zero-order valence-corrected chi connectivity index (χ0v) is 4.76. The van der Waals surface area contributed by atoms with Crippen LogP contribution in [0.15, 0.2) is 4.99 Å². The average Bonchev–Trinajstić information content (AvgIpc) is 1.86. The van der Waals surface area contributed by atoms with Gasteiger partial charge in [-0.1, -0.05) is 0 Å². The van der Waals surface area contributed by atoms with Crippen LogP contribution < -0.4 is 0 Å². The maximum absolute atomic E-state index is 10.5. The van der Waals surface area contributed by atoms with Crippen molar-refractivity contribution < 1.29 is 9.53 Å². The van der Waals surface area contributed by atoms with Crippen molar-refractivity contribution in [3.05, 3.63) is 0 Å². The number of rotatable bonds is 0. The molecule has 0 fully saturated rings. The van der Waals surface area contributed by atoms with Crippen LogP contribution in [0.2, 0.25) is 0 Å². The van der Waals surface area contributed by atoms with E-state index in [-0.39, 0.29) is 5.91 Å². The summed E-state index contributed by atoms with van der Waals surface area (Å²) < 4.78 is 4.69. The van der Waals surface area contributed by atoms with Gasteiger partial charge in [-0.2, -0.15) is 4.99 Å². The highest BCUT2D eigenvalue weighted by molar-refractivity contribution is 5.94. The molecule has 1 rings (SSSR count). The molecule has 0 atom stereocenters. The largest absolute Gasteiger partial charge is 0.458 e. The molecule has 3 heteroatoms. The van der Waals surface area contributed by atoms with Gasteiger partial charge in [0.25, 0.3) is 12.3 Å². The zero-order valence-electron chi connectivity index (χ0n) is 4.76. The van der Waals surface area contributed by atoms with E-state index in [1.165, 1.54) is 0 Å². The van der Waals surface area contributed by atoms with E-state index < -0.39 is 5.60 Å². The Morgan fingerprint density at radius 1 is 1.75 bits per heavy atom. The molecule has 1 aliphatic rings. The first-order chi connectivity index (χ1) is 3.63. The van der Waals surface area contributed by atoms with Crippen molar-refractivity contribution in [2.24, 2.45) is 4.99 Å². The summed E-state index contributed by atoms with van der Waals surface area (Å²) in [5, 5.41) is 0. The van der Waals surface area contributed by atoms with Crippen LogP contribution in [0.1, 0.15) is 13.8 Å². The molecule has 0 aliphatic carbocycles. The van der Waals surface area contributed by atoms with E-state index in [9.17, 15) is 4.79 Å². The number of nitrogens with zero attached hydrogens (tertiary/aromatic N) is 1. The molecule has 0 aromatic carbocycles. The van der Waals surface area contributed by atoms with Crippen LogP contribution in [0.5, 0.6) is 0 Å². The van der Waals surface area contributed by atoms with Gasteiger partial charge in [-0.3, -0.25) is 4.79 Å². The molecule has 3 nitrogen and oxygen atoms in total. The zero-order chi connectivity index (χ0) is 6.20. The van der Waals surface area contributed by atoms with Gasteiger partial charge in [0.15, 0.2) is 5.60 Å². The van der Waals surface area contributed by atoms with Crippen LogP contribution in [0.25, 0.3) is 0 Å². The fourth-order valence-corrected chi connectivity index (χ4v) is 0.357. The Hall–Kier alpha value is -0.860. The van der Waals surface area contributed by atoms with Crippen LogP contribution in [0.3, 0.4) is 0 Å². The highest BCUT2D eigenvalue weighted by Crippen LogP contribution is 2.13. The second-order valence-corrected chi connectivity index (χ2v) is 2.12. The normalized spacial score (nSPS) is 23.5. The molecule has 43 valence electrons. The Morgan fingerprint density at radius 3 is 2.50 bits per heavy atom. The van der Waals surface area contributed by atoms with Crippen molar-refractivity contribution in [3.8, 4) is 0 Å². The molecule has 0 aromatic heterocycles. The van der Waals surface area contributed by atoms with Crippen molar-refractivity contribution in [2.45, 2.75) is 19.4 Å². The predicted octanol–water partition coefficient (Wildman–Crippen LogP) is 0.227. The summed E-state index contributed by atoms with van der Waals surface area (Å²) in [7, 11) is 0. The highest BCUT2D eigenvalue weighted by atomic mass is 16.5. The first-order valence-corrected chi connectivity index (χ1v) is 2.31. The molecule has 1 amide bonds. The van der Waals surface area contributed by atoms with Crippen molar-refractivity contribution in [2.75, 3.05) is 0 Å². The maximum Gasteiger partial charge on any atom is 0.292 e. The average molecular weight is 112 g/mol. The highest BCUT2D eigenvalue weighted by Gasteiger charge is 2.32. The summed E-state index contributed by atoms with van der Waals surface area (Å²) >= 11 is 0. The Balaban J connectivity index is 2.79. The minimum absolute atomic E-state index is 0.266. The lowest BCUT2D eigenvalue weighted by Gasteiger charge is -2.10. The summed E-state index contributed by atoms with van der Waals surface area (Å²) in [4.78, 5) is 13.8. The Kier molecular flexibility index (Phi) is 0.863. The van der Waals surface area contributed by atoms with Crippen molar-refractivity contribution in [3.63, 3.8) is 0 Å². The first-order valence-electron chi connectivity index (χ1n) is 2.31. The monoisotopic (exact) mass is 112 g/mol. The maximum atomic E-state index is 10.5. The molecule has 0 unspecified atom stereocenters. The standard InChI is InChI=1S/C5H6NO2/c1-5(2)4(7)6-3-8-5/h1-2H3. The van der Waals surface area contributed by atoms with Crippen LogP contribution in [-0.2, 0) is 9.53 Å². The van der Waals surface area contributed by atoms with E-state index in [4.69, 9.17) is 0 Å². The van der Waals surface area contributed by atoms with Gasteiger partial charge in [-0.05, 0) is 13.8 Å². The third-order valence-corrected chi connectivity index (χ3v) is 0.963. The van der Waals surface area contributed by atoms with Crippen molar-refractivity contribution >= 4 is 12.3 Å². The van der Waals surface area contributed by atoms with E-state index >= 15 is 0 Å². The topological polar surface area (TPSA) is 38.7 Å². The molecule has 0 aromatic rings. The number of hydrogen-bond donors (Lipinski definition) is 0. The number of amides is 1. The summed E-state index contributed by atoms with van der Waals surface area (Å²) in [6.07, 6.45) is 2.14. The molecule has 0 spiro atoms. The Bertz CT molecular complexity index is 149. The van der Waals surface area contributed by atoms with Gasteiger partial charge in [0, 0.05) is 0 Å². The number of aliphatic imine (C=N–C) groups is 1. The molecule has 1 radical (unpaired) electrons. The summed E-state index contributed by atoms with van der Waals surface area (Å²) in [6, 6.07) is 0. The van der Waals surface area contributed by atoms with Crippen LogP contribution in [0.4, 0.5) is 0 Å². The molecule has 0 bridgehead atoms. The van der Waals surface area contributed by atoms with E-state index in [0.717, 1.165) is 0 Å². The van der Waals surface area contributed by atoms with Crippen molar-refractivity contribution in [1.82, 2.24) is 0 Å². The lowest BCUT2D eigenvalue weighted by molar-refractivity contribution is -0.127. The molecular formula is C5H6NO2.